The molecule has 0 radical (unpaired) electrons. The van der Waals surface area contributed by atoms with E-state index in [1.54, 1.807) is 24.0 Å². The third-order valence-corrected chi connectivity index (χ3v) is 6.50. The topological polar surface area (TPSA) is 98.1 Å². The highest BCUT2D eigenvalue weighted by Crippen LogP contribution is 2.46. The van der Waals surface area contributed by atoms with Gasteiger partial charge < -0.3 is 5.32 Å². The first kappa shape index (κ1) is 21.4. The maximum absolute atomic E-state index is 13.2. The van der Waals surface area contributed by atoms with Gasteiger partial charge in [-0.2, -0.15) is 5.10 Å². The summed E-state index contributed by atoms with van der Waals surface area (Å²) >= 11 is 0. The molecule has 0 bridgehead atoms. The van der Waals surface area contributed by atoms with Crippen LogP contribution in [-0.4, -0.2) is 39.1 Å². The van der Waals surface area contributed by atoms with Crippen molar-refractivity contribution < 1.29 is 19.2 Å². The Bertz CT molecular complexity index is 788. The number of hydrogen-bond acceptors (Lipinski definition) is 5. The second kappa shape index (κ2) is 9.01. The van der Waals surface area contributed by atoms with Crippen LogP contribution >= 0.6 is 0 Å². The fraction of sp³-hybridized carbons (Fsp3) is 0.682. The quantitative estimate of drug-likeness (QED) is 0.640. The van der Waals surface area contributed by atoms with Gasteiger partial charge in [0.2, 0.25) is 17.5 Å². The molecule has 7 nitrogen and oxygen atoms in total. The van der Waals surface area contributed by atoms with E-state index in [-0.39, 0.29) is 30.4 Å². The first-order chi connectivity index (χ1) is 13.8. The van der Waals surface area contributed by atoms with Gasteiger partial charge in [-0.25, -0.2) is 0 Å². The number of carbonyl (C=O) groups excluding carboxylic acids is 4. The summed E-state index contributed by atoms with van der Waals surface area (Å²) in [4.78, 5) is 50.5. The average Bonchev–Trinajstić information content (AvgIpc) is 3.07. The first-order valence-corrected chi connectivity index (χ1v) is 10.7. The number of aryl methyl sites for hydroxylation is 1. The molecular formula is C22H31N3O4. The van der Waals surface area contributed by atoms with Gasteiger partial charge in [0.1, 0.15) is 0 Å². The van der Waals surface area contributed by atoms with E-state index < -0.39 is 23.0 Å². The van der Waals surface area contributed by atoms with Crippen LogP contribution in [0.5, 0.6) is 0 Å². The van der Waals surface area contributed by atoms with Crippen molar-refractivity contribution in [3.63, 3.8) is 0 Å². The van der Waals surface area contributed by atoms with Gasteiger partial charge in [0.25, 0.3) is 0 Å². The SMILES string of the molecule is CC(=O)N[C@H](C(=O)CC1(C(=O)C(=O)Cc2ccn(C)n2)CCC1)C1CCCCC1. The smallest absolute Gasteiger partial charge is 0.217 e. The lowest BCUT2D eigenvalue weighted by molar-refractivity contribution is -0.148. The molecule has 0 unspecified atom stereocenters. The normalized spacial score (nSPS) is 19.8. The molecule has 29 heavy (non-hydrogen) atoms. The molecule has 2 saturated carbocycles. The lowest BCUT2D eigenvalue weighted by atomic mass is 9.61. The monoisotopic (exact) mass is 401 g/mol. The maximum atomic E-state index is 13.2. The Kier molecular flexibility index (Phi) is 6.65. The lowest BCUT2D eigenvalue weighted by Crippen LogP contribution is -2.51. The number of amides is 1. The summed E-state index contributed by atoms with van der Waals surface area (Å²) in [7, 11) is 1.76. The van der Waals surface area contributed by atoms with Crippen LogP contribution in [-0.2, 0) is 32.6 Å². The standard InChI is InChI=1S/C22H31N3O4/c1-15(26)23-20(16-7-4-3-5-8-16)19(28)14-22(10-6-11-22)21(29)18(27)13-17-9-12-25(2)24-17/h9,12,16,20H,3-8,10-11,13-14H2,1-2H3,(H,23,26)/t20-/m0/s1. The predicted molar refractivity (Wildman–Crippen MR) is 107 cm³/mol. The van der Waals surface area contributed by atoms with Gasteiger partial charge in [0.05, 0.1) is 18.2 Å². The summed E-state index contributed by atoms with van der Waals surface area (Å²) in [5.41, 5.74) is -0.334. The summed E-state index contributed by atoms with van der Waals surface area (Å²) in [6, 6.07) is 1.17. The minimum atomic E-state index is -0.895. The summed E-state index contributed by atoms with van der Waals surface area (Å²) in [6.45, 7) is 1.42. The number of rotatable bonds is 9. The molecule has 3 rings (SSSR count). The zero-order valence-corrected chi connectivity index (χ0v) is 17.4. The van der Waals surface area contributed by atoms with Gasteiger partial charge in [-0.3, -0.25) is 23.9 Å². The van der Waals surface area contributed by atoms with Crippen LogP contribution in [0.2, 0.25) is 0 Å². The Morgan fingerprint density at radius 1 is 1.17 bits per heavy atom. The molecule has 2 aliphatic carbocycles. The van der Waals surface area contributed by atoms with E-state index in [0.717, 1.165) is 38.5 Å². The second-order valence-electron chi connectivity index (χ2n) is 8.76. The minimum Gasteiger partial charge on any atom is -0.346 e. The Morgan fingerprint density at radius 2 is 1.86 bits per heavy atom. The largest absolute Gasteiger partial charge is 0.346 e. The second-order valence-corrected chi connectivity index (χ2v) is 8.76. The van der Waals surface area contributed by atoms with Gasteiger partial charge in [0.15, 0.2) is 5.78 Å². The highest BCUT2D eigenvalue weighted by atomic mass is 16.2. The van der Waals surface area contributed by atoms with Crippen LogP contribution in [0.4, 0.5) is 0 Å². The zero-order chi connectivity index (χ0) is 21.0. The maximum Gasteiger partial charge on any atom is 0.217 e. The Balaban J connectivity index is 1.70. The molecule has 0 spiro atoms. The van der Waals surface area contributed by atoms with E-state index in [2.05, 4.69) is 10.4 Å². The van der Waals surface area contributed by atoms with E-state index in [9.17, 15) is 19.2 Å². The first-order valence-electron chi connectivity index (χ1n) is 10.7. The van der Waals surface area contributed by atoms with E-state index in [4.69, 9.17) is 0 Å². The summed E-state index contributed by atoms with van der Waals surface area (Å²) in [5, 5.41) is 7.00. The summed E-state index contributed by atoms with van der Waals surface area (Å²) in [6.07, 6.45) is 8.79. The van der Waals surface area contributed by atoms with Crippen LogP contribution in [0.15, 0.2) is 12.3 Å². The van der Waals surface area contributed by atoms with Gasteiger partial charge in [-0.15, -0.1) is 0 Å². The molecule has 1 aromatic heterocycles. The molecule has 7 heteroatoms. The van der Waals surface area contributed by atoms with Crippen molar-refractivity contribution in [1.29, 1.82) is 0 Å². The van der Waals surface area contributed by atoms with E-state index in [1.165, 1.54) is 6.92 Å². The molecule has 2 aliphatic rings. The number of nitrogens with one attached hydrogen (secondary N) is 1. The van der Waals surface area contributed by atoms with Crippen LogP contribution in [0.1, 0.15) is 70.4 Å². The molecule has 0 aromatic carbocycles. The molecule has 1 amide bonds. The highest BCUT2D eigenvalue weighted by molar-refractivity contribution is 6.40. The van der Waals surface area contributed by atoms with Crippen LogP contribution < -0.4 is 5.32 Å². The van der Waals surface area contributed by atoms with Crippen molar-refractivity contribution >= 4 is 23.3 Å². The lowest BCUT2D eigenvalue weighted by Gasteiger charge is -2.41. The molecule has 1 aromatic rings. The number of hydrogen-bond donors (Lipinski definition) is 1. The van der Waals surface area contributed by atoms with Gasteiger partial charge >= 0.3 is 0 Å². The molecular weight excluding hydrogens is 370 g/mol. The minimum absolute atomic E-state index is 0.0344. The number of nitrogens with zero attached hydrogens (tertiary/aromatic N) is 2. The van der Waals surface area contributed by atoms with Gasteiger partial charge in [-0.1, -0.05) is 25.7 Å². The highest BCUT2D eigenvalue weighted by Gasteiger charge is 2.49. The fourth-order valence-corrected chi connectivity index (χ4v) is 4.78. The van der Waals surface area contributed by atoms with Crippen molar-refractivity contribution in [2.24, 2.45) is 18.4 Å². The Morgan fingerprint density at radius 3 is 2.38 bits per heavy atom. The third kappa shape index (κ3) is 5.00. The Labute approximate surface area is 171 Å². The van der Waals surface area contributed by atoms with E-state index in [0.29, 0.717) is 18.5 Å². The van der Waals surface area contributed by atoms with Crippen LogP contribution in [0.25, 0.3) is 0 Å². The van der Waals surface area contributed by atoms with Crippen LogP contribution in [0.3, 0.4) is 0 Å². The molecule has 1 atom stereocenters. The molecule has 1 N–H and O–H groups in total. The van der Waals surface area contributed by atoms with Crippen molar-refractivity contribution in [3.8, 4) is 0 Å². The average molecular weight is 402 g/mol. The van der Waals surface area contributed by atoms with Crippen molar-refractivity contribution in [2.75, 3.05) is 0 Å². The molecule has 0 saturated heterocycles. The van der Waals surface area contributed by atoms with Crippen molar-refractivity contribution in [1.82, 2.24) is 15.1 Å². The summed E-state index contributed by atoms with van der Waals surface area (Å²) in [5.74, 6) is -1.14. The third-order valence-electron chi connectivity index (χ3n) is 6.50. The van der Waals surface area contributed by atoms with Crippen LogP contribution in [0, 0.1) is 11.3 Å². The van der Waals surface area contributed by atoms with E-state index >= 15 is 0 Å². The molecule has 2 fully saturated rings. The fourth-order valence-electron chi connectivity index (χ4n) is 4.78. The Hall–Kier alpha value is -2.31. The van der Waals surface area contributed by atoms with Crippen molar-refractivity contribution in [2.45, 2.75) is 77.2 Å². The van der Waals surface area contributed by atoms with Gasteiger partial charge in [-0.05, 0) is 37.7 Å². The number of aromatic nitrogens is 2. The number of Topliss-reactive ketones (excluding diaryl/α,β-unsaturated/α-hetero) is 3. The number of carbonyl (C=O) groups is 4. The number of ketones is 3. The molecule has 1 heterocycles. The van der Waals surface area contributed by atoms with Gasteiger partial charge in [0, 0.05) is 32.0 Å². The molecule has 0 aliphatic heterocycles. The predicted octanol–water partition coefficient (Wildman–Crippen LogP) is 2.32. The summed E-state index contributed by atoms with van der Waals surface area (Å²) < 4.78 is 1.60. The van der Waals surface area contributed by atoms with Crippen molar-refractivity contribution in [3.05, 3.63) is 18.0 Å². The zero-order valence-electron chi connectivity index (χ0n) is 17.4. The molecule has 158 valence electrons. The van der Waals surface area contributed by atoms with E-state index in [1.807, 2.05) is 0 Å².